The molecule has 0 radical (unpaired) electrons. The molecule has 7 rings (SSSR count). The molecule has 3 aliphatic rings. The standard InChI is InChI=1S/C26H18O4S2/c27-25(15-9-11-31-13-15)29-23-21-17-5-1-2-6-18(17)22(20-8-4-3-7-19(20)21)24(23)30-26(28)16-10-12-32-14-16/h1-14,21-24H/t21-,22-,23?,24?. The molecule has 2 heterocycles. The van der Waals surface area contributed by atoms with Gasteiger partial charge in [-0.3, -0.25) is 0 Å². The number of hydrogen-bond donors (Lipinski definition) is 0. The molecule has 2 unspecified atom stereocenters. The van der Waals surface area contributed by atoms with E-state index < -0.39 is 24.1 Å². The Morgan fingerprint density at radius 2 is 0.969 bits per heavy atom. The van der Waals surface area contributed by atoms with E-state index in [2.05, 4.69) is 24.3 Å². The molecule has 2 bridgehead atoms. The molecule has 4 aromatic rings. The molecular formula is C26H18O4S2. The number of rotatable bonds is 4. The summed E-state index contributed by atoms with van der Waals surface area (Å²) < 4.78 is 12.2. The molecule has 0 N–H and O–H groups in total. The van der Waals surface area contributed by atoms with Crippen LogP contribution >= 0.6 is 22.7 Å². The molecule has 0 amide bonds. The van der Waals surface area contributed by atoms with Gasteiger partial charge < -0.3 is 9.47 Å². The first-order valence-electron chi connectivity index (χ1n) is 10.4. The summed E-state index contributed by atoms with van der Waals surface area (Å²) in [5, 5.41) is 7.25. The predicted octanol–water partition coefficient (Wildman–Crippen LogP) is 5.85. The normalized spacial score (nSPS) is 22.6. The summed E-state index contributed by atoms with van der Waals surface area (Å²) in [7, 11) is 0. The molecule has 0 saturated heterocycles. The van der Waals surface area contributed by atoms with Crippen LogP contribution in [0.4, 0.5) is 0 Å². The number of ether oxygens (including phenoxy) is 2. The second kappa shape index (κ2) is 7.73. The highest BCUT2D eigenvalue weighted by molar-refractivity contribution is 7.08. The molecule has 2 aromatic heterocycles. The predicted molar refractivity (Wildman–Crippen MR) is 124 cm³/mol. The van der Waals surface area contributed by atoms with Gasteiger partial charge in [-0.15, -0.1) is 0 Å². The number of carbonyl (C=O) groups excluding carboxylic acids is 2. The van der Waals surface area contributed by atoms with Gasteiger partial charge in [0.05, 0.1) is 23.0 Å². The molecule has 2 aromatic carbocycles. The minimum Gasteiger partial charge on any atom is -0.454 e. The van der Waals surface area contributed by atoms with Crippen molar-refractivity contribution in [1.29, 1.82) is 0 Å². The number of hydrogen-bond acceptors (Lipinski definition) is 6. The van der Waals surface area contributed by atoms with Crippen LogP contribution in [-0.2, 0) is 9.47 Å². The molecule has 6 heteroatoms. The molecular weight excluding hydrogens is 440 g/mol. The third kappa shape index (κ3) is 3.02. The molecule has 4 nitrogen and oxygen atoms in total. The van der Waals surface area contributed by atoms with E-state index in [9.17, 15) is 9.59 Å². The Balaban J connectivity index is 1.47. The lowest BCUT2D eigenvalue weighted by Crippen LogP contribution is -2.51. The van der Waals surface area contributed by atoms with Gasteiger partial charge in [-0.2, -0.15) is 22.7 Å². The zero-order valence-corrected chi connectivity index (χ0v) is 18.5. The van der Waals surface area contributed by atoms with Gasteiger partial charge >= 0.3 is 11.9 Å². The van der Waals surface area contributed by atoms with E-state index >= 15 is 0 Å². The lowest BCUT2D eigenvalue weighted by Gasteiger charge is -2.48. The van der Waals surface area contributed by atoms with Crippen molar-refractivity contribution in [2.24, 2.45) is 0 Å². The highest BCUT2D eigenvalue weighted by atomic mass is 32.1. The van der Waals surface area contributed by atoms with Gasteiger partial charge in [-0.05, 0) is 45.1 Å². The highest BCUT2D eigenvalue weighted by Gasteiger charge is 2.53. The average Bonchev–Trinajstić information content (AvgIpc) is 3.55. The van der Waals surface area contributed by atoms with Crippen molar-refractivity contribution in [2.45, 2.75) is 24.0 Å². The Morgan fingerprint density at radius 1 is 0.594 bits per heavy atom. The number of fused-ring (bicyclic) bond motifs is 1. The Morgan fingerprint density at radius 3 is 1.28 bits per heavy atom. The van der Waals surface area contributed by atoms with E-state index in [-0.39, 0.29) is 11.8 Å². The average molecular weight is 459 g/mol. The van der Waals surface area contributed by atoms with Crippen LogP contribution in [0.15, 0.2) is 82.2 Å². The molecule has 2 atom stereocenters. The Hall–Kier alpha value is -3.22. The molecule has 3 aliphatic carbocycles. The third-order valence-electron chi connectivity index (χ3n) is 6.31. The Labute approximate surface area is 193 Å². The van der Waals surface area contributed by atoms with Crippen molar-refractivity contribution in [1.82, 2.24) is 0 Å². The van der Waals surface area contributed by atoms with Crippen molar-refractivity contribution < 1.29 is 19.1 Å². The minimum atomic E-state index is -0.611. The topological polar surface area (TPSA) is 52.6 Å². The second-order valence-electron chi connectivity index (χ2n) is 7.98. The number of thiophene rings is 2. The second-order valence-corrected chi connectivity index (χ2v) is 9.54. The summed E-state index contributed by atoms with van der Waals surface area (Å²) in [6.45, 7) is 0. The first kappa shape index (κ1) is 19.5. The zero-order chi connectivity index (χ0) is 21.7. The van der Waals surface area contributed by atoms with E-state index in [1.807, 2.05) is 35.0 Å². The fraction of sp³-hybridized carbons (Fsp3) is 0.154. The highest BCUT2D eigenvalue weighted by Crippen LogP contribution is 2.54. The molecule has 158 valence electrons. The van der Waals surface area contributed by atoms with Crippen LogP contribution in [-0.4, -0.2) is 24.1 Å². The summed E-state index contributed by atoms with van der Waals surface area (Å²) in [6.07, 6.45) is -1.22. The summed E-state index contributed by atoms with van der Waals surface area (Å²) in [4.78, 5) is 26.0. The van der Waals surface area contributed by atoms with Gasteiger partial charge in [0.25, 0.3) is 0 Å². The van der Waals surface area contributed by atoms with Gasteiger partial charge in [0, 0.05) is 10.8 Å². The van der Waals surface area contributed by atoms with Crippen molar-refractivity contribution in [3.63, 3.8) is 0 Å². The quantitative estimate of drug-likeness (QED) is 0.360. The Kier molecular flexibility index (Phi) is 4.70. The maximum atomic E-state index is 13.0. The van der Waals surface area contributed by atoms with Gasteiger partial charge in [0.1, 0.15) is 0 Å². The lowest BCUT2D eigenvalue weighted by molar-refractivity contribution is -0.0557. The van der Waals surface area contributed by atoms with E-state index in [4.69, 9.17) is 9.47 Å². The third-order valence-corrected chi connectivity index (χ3v) is 7.68. The maximum Gasteiger partial charge on any atom is 0.339 e. The first-order chi connectivity index (χ1) is 15.7. The van der Waals surface area contributed by atoms with Crippen molar-refractivity contribution >= 4 is 34.6 Å². The van der Waals surface area contributed by atoms with Gasteiger partial charge in [-0.1, -0.05) is 48.5 Å². The summed E-state index contributed by atoms with van der Waals surface area (Å²) in [5.41, 5.74) is 5.54. The monoisotopic (exact) mass is 458 g/mol. The lowest BCUT2D eigenvalue weighted by atomic mass is 9.61. The zero-order valence-electron chi connectivity index (χ0n) is 16.8. The summed E-state index contributed by atoms with van der Waals surface area (Å²) in [5.74, 6) is -1.18. The van der Waals surface area contributed by atoms with E-state index in [0.717, 1.165) is 22.3 Å². The molecule has 0 spiro atoms. The molecule has 0 aliphatic heterocycles. The van der Waals surface area contributed by atoms with Gasteiger partial charge in [-0.25, -0.2) is 9.59 Å². The fourth-order valence-electron chi connectivity index (χ4n) is 4.99. The van der Waals surface area contributed by atoms with Crippen LogP contribution in [0.2, 0.25) is 0 Å². The maximum absolute atomic E-state index is 13.0. The van der Waals surface area contributed by atoms with Crippen LogP contribution < -0.4 is 0 Å². The molecule has 0 saturated carbocycles. The van der Waals surface area contributed by atoms with Crippen LogP contribution in [0.25, 0.3) is 0 Å². The van der Waals surface area contributed by atoms with Gasteiger partial charge in [0.15, 0.2) is 12.2 Å². The SMILES string of the molecule is O=C(OC1C(OC(=O)c2ccsc2)[C@H]2c3ccccc3[C@H]1c1ccccc12)c1ccsc1. The summed E-state index contributed by atoms with van der Waals surface area (Å²) in [6, 6.07) is 19.9. The smallest absolute Gasteiger partial charge is 0.339 e. The molecule has 0 fully saturated rings. The largest absolute Gasteiger partial charge is 0.454 e. The van der Waals surface area contributed by atoms with Crippen LogP contribution in [0.5, 0.6) is 0 Å². The van der Waals surface area contributed by atoms with E-state index in [1.54, 1.807) is 22.9 Å². The van der Waals surface area contributed by atoms with Crippen molar-refractivity contribution in [2.75, 3.05) is 0 Å². The van der Waals surface area contributed by atoms with Crippen LogP contribution in [0.1, 0.15) is 54.8 Å². The Bertz CT molecular complexity index is 1150. The fourth-order valence-corrected chi connectivity index (χ4v) is 6.24. The first-order valence-corrected chi connectivity index (χ1v) is 12.2. The van der Waals surface area contributed by atoms with E-state index in [0.29, 0.717) is 11.1 Å². The van der Waals surface area contributed by atoms with Crippen LogP contribution in [0.3, 0.4) is 0 Å². The van der Waals surface area contributed by atoms with Gasteiger partial charge in [0.2, 0.25) is 0 Å². The number of esters is 2. The number of carbonyl (C=O) groups is 2. The minimum absolute atomic E-state index is 0.199. The number of benzene rings is 2. The van der Waals surface area contributed by atoms with E-state index in [1.165, 1.54) is 22.7 Å². The summed E-state index contributed by atoms with van der Waals surface area (Å²) >= 11 is 2.89. The van der Waals surface area contributed by atoms with Crippen molar-refractivity contribution in [3.05, 3.63) is 116 Å². The van der Waals surface area contributed by atoms with Crippen LogP contribution in [0, 0.1) is 0 Å². The molecule has 32 heavy (non-hydrogen) atoms. The van der Waals surface area contributed by atoms with Crippen molar-refractivity contribution in [3.8, 4) is 0 Å².